The Morgan fingerprint density at radius 3 is 2.59 bits per heavy atom. The van der Waals surface area contributed by atoms with Gasteiger partial charge in [-0.2, -0.15) is 0 Å². The molecule has 0 aliphatic carbocycles. The maximum atomic E-state index is 13.9. The number of piperidine rings is 1. The molecule has 0 bridgehead atoms. The number of likely N-dealkylation sites (tertiary alicyclic amines) is 1. The third-order valence-corrected chi connectivity index (χ3v) is 6.07. The van der Waals surface area contributed by atoms with Crippen LogP contribution in [-0.2, 0) is 0 Å². The molecule has 1 aromatic carbocycles. The van der Waals surface area contributed by atoms with Crippen molar-refractivity contribution in [3.05, 3.63) is 65.6 Å². The zero-order valence-corrected chi connectivity index (χ0v) is 17.7. The van der Waals surface area contributed by atoms with Crippen LogP contribution in [-0.4, -0.2) is 46.3 Å². The number of halogens is 2. The number of nitrogens with zero attached hydrogens (tertiary/aromatic N) is 2. The van der Waals surface area contributed by atoms with E-state index in [-0.39, 0.29) is 5.91 Å². The lowest BCUT2D eigenvalue weighted by atomic mass is 9.91. The first-order chi connectivity index (χ1) is 15.5. The monoisotopic (exact) mass is 440 g/mol. The highest BCUT2D eigenvalue weighted by Crippen LogP contribution is 2.25. The standard InChI is InChI=1S/C24H26F2N4O2/c25-18-5-3-6-19(26)22(18)24(32)30-12-8-16(9-13-30)4-1-2-10-28-23(31)21-14-17-15-27-11-7-20(17)29-21/h3,5-7,11,14-16,29H,1-2,4,8-10,12-13H2,(H,28,31). The highest BCUT2D eigenvalue weighted by Gasteiger charge is 2.27. The van der Waals surface area contributed by atoms with Crippen LogP contribution in [0.4, 0.5) is 8.78 Å². The van der Waals surface area contributed by atoms with E-state index < -0.39 is 23.1 Å². The summed E-state index contributed by atoms with van der Waals surface area (Å²) in [6.07, 6.45) is 7.87. The fourth-order valence-electron chi connectivity index (χ4n) is 4.23. The van der Waals surface area contributed by atoms with E-state index in [1.165, 1.54) is 11.0 Å². The van der Waals surface area contributed by atoms with Crippen molar-refractivity contribution in [2.45, 2.75) is 32.1 Å². The first-order valence-corrected chi connectivity index (χ1v) is 11.0. The second kappa shape index (κ2) is 9.89. The molecule has 2 N–H and O–H groups in total. The molecule has 2 amide bonds. The van der Waals surface area contributed by atoms with Crippen LogP contribution in [0.5, 0.6) is 0 Å². The fraction of sp³-hybridized carbons (Fsp3) is 0.375. The van der Waals surface area contributed by atoms with Gasteiger partial charge in [-0.05, 0) is 49.4 Å². The van der Waals surface area contributed by atoms with Crippen molar-refractivity contribution in [1.29, 1.82) is 0 Å². The van der Waals surface area contributed by atoms with Crippen LogP contribution >= 0.6 is 0 Å². The second-order valence-corrected chi connectivity index (χ2v) is 8.23. The van der Waals surface area contributed by atoms with E-state index >= 15 is 0 Å². The van der Waals surface area contributed by atoms with Crippen LogP contribution in [0.25, 0.3) is 10.9 Å². The van der Waals surface area contributed by atoms with E-state index in [1.807, 2.05) is 6.07 Å². The lowest BCUT2D eigenvalue weighted by molar-refractivity contribution is 0.0676. The predicted molar refractivity (Wildman–Crippen MR) is 117 cm³/mol. The van der Waals surface area contributed by atoms with Gasteiger partial charge in [0.25, 0.3) is 11.8 Å². The predicted octanol–water partition coefficient (Wildman–Crippen LogP) is 4.29. The van der Waals surface area contributed by atoms with Crippen molar-refractivity contribution >= 4 is 22.7 Å². The Hall–Kier alpha value is -3.29. The van der Waals surface area contributed by atoms with Gasteiger partial charge in [-0.25, -0.2) is 8.78 Å². The molecule has 168 valence electrons. The van der Waals surface area contributed by atoms with Gasteiger partial charge in [0.2, 0.25) is 0 Å². The third-order valence-electron chi connectivity index (χ3n) is 6.07. The molecular weight excluding hydrogens is 414 g/mol. The number of nitrogens with one attached hydrogen (secondary N) is 2. The summed E-state index contributed by atoms with van der Waals surface area (Å²) in [7, 11) is 0. The minimum Gasteiger partial charge on any atom is -0.351 e. The van der Waals surface area contributed by atoms with Gasteiger partial charge in [0, 0.05) is 42.9 Å². The number of carbonyl (C=O) groups excluding carboxylic acids is 2. The van der Waals surface area contributed by atoms with Crippen LogP contribution in [0, 0.1) is 17.6 Å². The number of benzene rings is 1. The number of amides is 2. The van der Waals surface area contributed by atoms with Gasteiger partial charge in [-0.1, -0.05) is 18.9 Å². The third kappa shape index (κ3) is 4.95. The van der Waals surface area contributed by atoms with Crippen molar-refractivity contribution in [3.8, 4) is 0 Å². The molecule has 1 fully saturated rings. The quantitative estimate of drug-likeness (QED) is 0.538. The molecule has 0 saturated carbocycles. The highest BCUT2D eigenvalue weighted by atomic mass is 19.1. The van der Waals surface area contributed by atoms with Gasteiger partial charge >= 0.3 is 0 Å². The van der Waals surface area contributed by atoms with Crippen LogP contribution in [0.15, 0.2) is 42.7 Å². The second-order valence-electron chi connectivity index (χ2n) is 8.23. The molecule has 6 nitrogen and oxygen atoms in total. The van der Waals surface area contributed by atoms with E-state index in [0.717, 1.165) is 55.1 Å². The maximum Gasteiger partial charge on any atom is 0.267 e. The fourth-order valence-corrected chi connectivity index (χ4v) is 4.23. The summed E-state index contributed by atoms with van der Waals surface area (Å²) < 4.78 is 27.7. The largest absolute Gasteiger partial charge is 0.351 e. The van der Waals surface area contributed by atoms with E-state index in [1.54, 1.807) is 18.5 Å². The molecule has 32 heavy (non-hydrogen) atoms. The summed E-state index contributed by atoms with van der Waals surface area (Å²) in [6.45, 7) is 1.60. The number of unbranched alkanes of at least 4 members (excludes halogenated alkanes) is 1. The topological polar surface area (TPSA) is 78.1 Å². The van der Waals surface area contributed by atoms with Crippen molar-refractivity contribution < 1.29 is 18.4 Å². The molecule has 3 heterocycles. The molecule has 1 aliphatic heterocycles. The minimum atomic E-state index is -0.816. The first kappa shape index (κ1) is 21.9. The van der Waals surface area contributed by atoms with Crippen LogP contribution in [0.2, 0.25) is 0 Å². The molecule has 0 spiro atoms. The zero-order chi connectivity index (χ0) is 22.5. The molecule has 4 rings (SSSR count). The van der Waals surface area contributed by atoms with Crippen molar-refractivity contribution in [1.82, 2.24) is 20.2 Å². The van der Waals surface area contributed by atoms with Gasteiger partial charge < -0.3 is 15.2 Å². The van der Waals surface area contributed by atoms with E-state index in [4.69, 9.17) is 0 Å². The number of aromatic nitrogens is 2. The molecular formula is C24H26F2N4O2. The summed E-state index contributed by atoms with van der Waals surface area (Å²) >= 11 is 0. The van der Waals surface area contributed by atoms with Crippen LogP contribution < -0.4 is 5.32 Å². The molecule has 3 aromatic rings. The number of pyridine rings is 1. The number of H-pyrrole nitrogens is 1. The van der Waals surface area contributed by atoms with Crippen molar-refractivity contribution in [3.63, 3.8) is 0 Å². The van der Waals surface area contributed by atoms with Crippen LogP contribution in [0.1, 0.15) is 53.0 Å². The average molecular weight is 440 g/mol. The Morgan fingerprint density at radius 1 is 1.12 bits per heavy atom. The van der Waals surface area contributed by atoms with E-state index in [9.17, 15) is 18.4 Å². The SMILES string of the molecule is O=C(NCCCCC1CCN(C(=O)c2c(F)cccc2F)CC1)c1cc2cnccc2[nH]1. The maximum absolute atomic E-state index is 13.9. The Labute approximate surface area is 185 Å². The minimum absolute atomic E-state index is 0.131. The van der Waals surface area contributed by atoms with Gasteiger partial charge in [0.15, 0.2) is 0 Å². The molecule has 1 saturated heterocycles. The lowest BCUT2D eigenvalue weighted by Crippen LogP contribution is -2.39. The summed E-state index contributed by atoms with van der Waals surface area (Å²) in [4.78, 5) is 33.4. The normalized spacial score (nSPS) is 14.6. The number of aromatic amines is 1. The summed E-state index contributed by atoms with van der Waals surface area (Å²) in [5, 5.41) is 3.84. The Balaban J connectivity index is 1.16. The van der Waals surface area contributed by atoms with Crippen molar-refractivity contribution in [2.75, 3.05) is 19.6 Å². The average Bonchev–Trinajstić information content (AvgIpc) is 3.23. The van der Waals surface area contributed by atoms with Gasteiger partial charge in [-0.3, -0.25) is 14.6 Å². The van der Waals surface area contributed by atoms with Crippen LogP contribution in [0.3, 0.4) is 0 Å². The zero-order valence-electron chi connectivity index (χ0n) is 17.7. The van der Waals surface area contributed by atoms with E-state index in [2.05, 4.69) is 15.3 Å². The molecule has 0 atom stereocenters. The highest BCUT2D eigenvalue weighted by molar-refractivity contribution is 5.97. The number of carbonyl (C=O) groups is 2. The Kier molecular flexibility index (Phi) is 6.78. The number of rotatable bonds is 7. The van der Waals surface area contributed by atoms with Gasteiger partial charge in [-0.15, -0.1) is 0 Å². The van der Waals surface area contributed by atoms with Gasteiger partial charge in [0.1, 0.15) is 22.9 Å². The van der Waals surface area contributed by atoms with Crippen molar-refractivity contribution in [2.24, 2.45) is 5.92 Å². The Morgan fingerprint density at radius 2 is 1.88 bits per heavy atom. The van der Waals surface area contributed by atoms with Gasteiger partial charge in [0.05, 0.1) is 0 Å². The number of hydrogen-bond donors (Lipinski definition) is 2. The first-order valence-electron chi connectivity index (χ1n) is 11.0. The summed E-state index contributed by atoms with van der Waals surface area (Å²) in [6, 6.07) is 7.10. The molecule has 0 radical (unpaired) electrons. The molecule has 1 aliphatic rings. The number of fused-ring (bicyclic) bond motifs is 1. The summed E-state index contributed by atoms with van der Waals surface area (Å²) in [5.74, 6) is -1.86. The summed E-state index contributed by atoms with van der Waals surface area (Å²) in [5.41, 5.74) is 0.942. The lowest BCUT2D eigenvalue weighted by Gasteiger charge is -2.32. The Bertz CT molecular complexity index is 1050. The molecule has 0 unspecified atom stereocenters. The number of hydrogen-bond acceptors (Lipinski definition) is 3. The molecule has 2 aromatic heterocycles. The van der Waals surface area contributed by atoms with E-state index in [0.29, 0.717) is 31.2 Å². The smallest absolute Gasteiger partial charge is 0.267 e. The molecule has 8 heteroatoms.